The summed E-state index contributed by atoms with van der Waals surface area (Å²) in [7, 11) is 0. The second-order valence-electron chi connectivity index (χ2n) is 3.77. The first kappa shape index (κ1) is 12.3. The first-order valence-corrected chi connectivity index (χ1v) is 6.32. The number of hydrogen-bond acceptors (Lipinski definition) is 1. The number of ketones is 1. The molecule has 2 aromatic carbocycles. The molecule has 86 valence electrons. The summed E-state index contributed by atoms with van der Waals surface area (Å²) in [5.41, 5.74) is 2.26. The van der Waals surface area contributed by atoms with Crippen molar-refractivity contribution in [1.82, 2.24) is 0 Å². The summed E-state index contributed by atoms with van der Waals surface area (Å²) in [5.74, 6) is -0.0162. The molecule has 0 unspecified atom stereocenters. The minimum absolute atomic E-state index is 0.0162. The van der Waals surface area contributed by atoms with Gasteiger partial charge in [-0.05, 0) is 30.7 Å². The van der Waals surface area contributed by atoms with Crippen molar-refractivity contribution in [3.63, 3.8) is 0 Å². The van der Waals surface area contributed by atoms with Crippen LogP contribution in [0.15, 0.2) is 46.9 Å². The van der Waals surface area contributed by atoms with E-state index in [1.807, 2.05) is 31.2 Å². The number of carbonyl (C=O) groups excluding carboxylic acids is 1. The normalized spacial score (nSPS) is 10.3. The Morgan fingerprint density at radius 1 is 1.12 bits per heavy atom. The van der Waals surface area contributed by atoms with E-state index in [1.54, 1.807) is 18.2 Å². The highest BCUT2D eigenvalue weighted by atomic mass is 79.9. The lowest BCUT2D eigenvalue weighted by molar-refractivity contribution is 0.103. The van der Waals surface area contributed by atoms with Crippen LogP contribution in [-0.2, 0) is 0 Å². The molecule has 0 heterocycles. The molecule has 0 fully saturated rings. The molecule has 0 bridgehead atoms. The lowest BCUT2D eigenvalue weighted by Crippen LogP contribution is -2.04. The third-order valence-electron chi connectivity index (χ3n) is 2.56. The van der Waals surface area contributed by atoms with Crippen molar-refractivity contribution in [3.8, 4) is 0 Å². The molecule has 2 aromatic rings. The van der Waals surface area contributed by atoms with Crippen molar-refractivity contribution in [1.29, 1.82) is 0 Å². The topological polar surface area (TPSA) is 17.1 Å². The Labute approximate surface area is 114 Å². The van der Waals surface area contributed by atoms with Gasteiger partial charge in [-0.25, -0.2) is 0 Å². The fourth-order valence-electron chi connectivity index (χ4n) is 1.64. The van der Waals surface area contributed by atoms with Crippen molar-refractivity contribution in [3.05, 3.63) is 68.7 Å². The average Bonchev–Trinajstić information content (AvgIpc) is 2.32. The van der Waals surface area contributed by atoms with Crippen LogP contribution < -0.4 is 0 Å². The largest absolute Gasteiger partial charge is 0.289 e. The van der Waals surface area contributed by atoms with Gasteiger partial charge in [0.1, 0.15) is 0 Å². The van der Waals surface area contributed by atoms with Crippen molar-refractivity contribution in [2.45, 2.75) is 6.92 Å². The molecular weight excluding hydrogens is 300 g/mol. The third-order valence-corrected chi connectivity index (χ3v) is 3.49. The lowest BCUT2D eigenvalue weighted by Gasteiger charge is -2.07. The summed E-state index contributed by atoms with van der Waals surface area (Å²) >= 11 is 9.29. The number of hydrogen-bond donors (Lipinski definition) is 0. The van der Waals surface area contributed by atoms with Crippen LogP contribution in [-0.4, -0.2) is 5.78 Å². The Morgan fingerprint density at radius 2 is 1.82 bits per heavy atom. The van der Waals surface area contributed by atoms with E-state index in [4.69, 9.17) is 11.6 Å². The lowest BCUT2D eigenvalue weighted by atomic mass is 9.99. The predicted octanol–water partition coefficient (Wildman–Crippen LogP) is 4.64. The predicted molar refractivity (Wildman–Crippen MR) is 73.8 cm³/mol. The molecule has 0 aliphatic heterocycles. The Bertz CT molecular complexity index is 578. The van der Waals surface area contributed by atoms with Crippen LogP contribution in [0.5, 0.6) is 0 Å². The molecule has 0 N–H and O–H groups in total. The van der Waals surface area contributed by atoms with Gasteiger partial charge in [0.15, 0.2) is 5.78 Å². The Hall–Kier alpha value is -1.12. The Morgan fingerprint density at radius 3 is 2.53 bits per heavy atom. The van der Waals surface area contributed by atoms with E-state index in [-0.39, 0.29) is 5.78 Å². The minimum atomic E-state index is -0.0162. The van der Waals surface area contributed by atoms with E-state index < -0.39 is 0 Å². The number of halogens is 2. The second kappa shape index (κ2) is 5.03. The zero-order valence-corrected chi connectivity index (χ0v) is 11.5. The zero-order chi connectivity index (χ0) is 12.4. The molecule has 0 saturated heterocycles. The van der Waals surface area contributed by atoms with Crippen molar-refractivity contribution < 1.29 is 4.79 Å². The summed E-state index contributed by atoms with van der Waals surface area (Å²) in [6.07, 6.45) is 0. The summed E-state index contributed by atoms with van der Waals surface area (Å²) in [6.45, 7) is 1.92. The maximum Gasteiger partial charge on any atom is 0.194 e. The van der Waals surface area contributed by atoms with E-state index in [0.717, 1.165) is 10.0 Å². The van der Waals surface area contributed by atoms with Crippen LogP contribution in [0.1, 0.15) is 21.5 Å². The highest BCUT2D eigenvalue weighted by molar-refractivity contribution is 9.10. The van der Waals surface area contributed by atoms with Gasteiger partial charge in [0.05, 0.1) is 0 Å². The van der Waals surface area contributed by atoms with Gasteiger partial charge in [-0.1, -0.05) is 51.8 Å². The van der Waals surface area contributed by atoms with Crippen LogP contribution in [0.25, 0.3) is 0 Å². The second-order valence-corrected chi connectivity index (χ2v) is 5.06. The third kappa shape index (κ3) is 2.59. The molecule has 0 atom stereocenters. The summed E-state index contributed by atoms with van der Waals surface area (Å²) in [4.78, 5) is 12.4. The van der Waals surface area contributed by atoms with Gasteiger partial charge >= 0.3 is 0 Å². The van der Waals surface area contributed by atoms with Gasteiger partial charge in [-0.3, -0.25) is 4.79 Å². The molecule has 17 heavy (non-hydrogen) atoms. The summed E-state index contributed by atoms with van der Waals surface area (Å²) < 4.78 is 0.759. The van der Waals surface area contributed by atoms with E-state index >= 15 is 0 Å². The van der Waals surface area contributed by atoms with E-state index in [0.29, 0.717) is 16.1 Å². The monoisotopic (exact) mass is 308 g/mol. The number of benzene rings is 2. The Kier molecular flexibility index (Phi) is 3.65. The molecule has 0 radical (unpaired) electrons. The van der Waals surface area contributed by atoms with Gasteiger partial charge in [0.2, 0.25) is 0 Å². The van der Waals surface area contributed by atoms with Gasteiger partial charge in [-0.15, -0.1) is 0 Å². The van der Waals surface area contributed by atoms with Crippen LogP contribution in [0.3, 0.4) is 0 Å². The molecule has 0 aliphatic rings. The molecule has 3 heteroatoms. The van der Waals surface area contributed by atoms with Crippen LogP contribution >= 0.6 is 27.5 Å². The average molecular weight is 310 g/mol. The van der Waals surface area contributed by atoms with Gasteiger partial charge in [-0.2, -0.15) is 0 Å². The molecule has 2 rings (SSSR count). The molecule has 1 nitrogen and oxygen atoms in total. The smallest absolute Gasteiger partial charge is 0.194 e. The van der Waals surface area contributed by atoms with E-state index in [9.17, 15) is 4.79 Å². The molecule has 0 saturated carbocycles. The van der Waals surface area contributed by atoms with E-state index in [2.05, 4.69) is 15.9 Å². The molecule has 0 spiro atoms. The fraction of sp³-hybridized carbons (Fsp3) is 0.0714. The Balaban J connectivity index is 2.51. The van der Waals surface area contributed by atoms with Gasteiger partial charge in [0.25, 0.3) is 0 Å². The number of rotatable bonds is 2. The van der Waals surface area contributed by atoms with Crippen molar-refractivity contribution in [2.24, 2.45) is 0 Å². The van der Waals surface area contributed by atoms with E-state index in [1.165, 1.54) is 0 Å². The number of aryl methyl sites for hydroxylation is 1. The molecule has 0 aliphatic carbocycles. The van der Waals surface area contributed by atoms with Crippen LogP contribution in [0, 0.1) is 6.92 Å². The summed E-state index contributed by atoms with van der Waals surface area (Å²) in [6, 6.07) is 12.7. The van der Waals surface area contributed by atoms with Gasteiger partial charge in [0, 0.05) is 20.6 Å². The molecule has 0 amide bonds. The van der Waals surface area contributed by atoms with Crippen LogP contribution in [0.4, 0.5) is 0 Å². The zero-order valence-electron chi connectivity index (χ0n) is 9.21. The maximum atomic E-state index is 12.4. The maximum absolute atomic E-state index is 12.4. The summed E-state index contributed by atoms with van der Waals surface area (Å²) in [5, 5.41) is 0.560. The van der Waals surface area contributed by atoms with Crippen molar-refractivity contribution >= 4 is 33.3 Å². The quantitative estimate of drug-likeness (QED) is 0.738. The highest BCUT2D eigenvalue weighted by Crippen LogP contribution is 2.24. The fourth-order valence-corrected chi connectivity index (χ4v) is 2.24. The highest BCUT2D eigenvalue weighted by Gasteiger charge is 2.14. The van der Waals surface area contributed by atoms with Crippen LogP contribution in [0.2, 0.25) is 5.02 Å². The minimum Gasteiger partial charge on any atom is -0.289 e. The number of carbonyl (C=O) groups is 1. The first-order valence-electron chi connectivity index (χ1n) is 5.15. The first-order chi connectivity index (χ1) is 8.09. The molecular formula is C14H10BrClO. The van der Waals surface area contributed by atoms with Gasteiger partial charge < -0.3 is 0 Å². The SMILES string of the molecule is Cc1ccccc1C(=O)c1cc(Cl)ccc1Br. The molecule has 0 aromatic heterocycles. The van der Waals surface area contributed by atoms with Crippen molar-refractivity contribution in [2.75, 3.05) is 0 Å². The standard InChI is InChI=1S/C14H10BrClO/c1-9-4-2-3-5-11(9)14(17)12-8-10(16)6-7-13(12)15/h2-8H,1H3.